The van der Waals surface area contributed by atoms with Gasteiger partial charge in [-0.15, -0.1) is 0 Å². The Kier molecular flexibility index (Phi) is 2.09. The van der Waals surface area contributed by atoms with Gasteiger partial charge in [0, 0.05) is 10.4 Å². The molecule has 0 saturated heterocycles. The molecule has 70 valence electrons. The Labute approximate surface area is 83.9 Å². The van der Waals surface area contributed by atoms with Crippen molar-refractivity contribution in [1.82, 2.24) is 0 Å². The van der Waals surface area contributed by atoms with Gasteiger partial charge in [0.05, 0.1) is 0 Å². The average molecular weight is 209 g/mol. The molecule has 0 radical (unpaired) electrons. The fourth-order valence-electron chi connectivity index (χ4n) is 1.19. The molecule has 0 aliphatic heterocycles. The molecule has 1 aromatic heterocycles. The molecule has 0 aliphatic rings. The van der Waals surface area contributed by atoms with Gasteiger partial charge in [0.15, 0.2) is 6.29 Å². The molecule has 0 atom stereocenters. The van der Waals surface area contributed by atoms with Gasteiger partial charge in [0.25, 0.3) is 0 Å². The van der Waals surface area contributed by atoms with Gasteiger partial charge in [-0.2, -0.15) is 0 Å². The van der Waals surface area contributed by atoms with Gasteiger partial charge in [-0.1, -0.05) is 11.6 Å². The first-order valence-electron chi connectivity index (χ1n) is 3.89. The molecule has 2 aromatic rings. The number of benzene rings is 1. The first kappa shape index (κ1) is 8.97. The summed E-state index contributed by atoms with van der Waals surface area (Å²) in [7, 11) is 0. The number of rotatable bonds is 1. The number of aldehydes is 1. The molecule has 1 aromatic carbocycles. The maximum absolute atomic E-state index is 11.1. The van der Waals surface area contributed by atoms with Gasteiger partial charge in [0.2, 0.25) is 0 Å². The molecular weight excluding hydrogens is 204 g/mol. The molecule has 0 unspecified atom stereocenters. The second kappa shape index (κ2) is 3.27. The molecule has 0 saturated carbocycles. The van der Waals surface area contributed by atoms with Crippen LogP contribution >= 0.6 is 11.6 Å². The minimum Gasteiger partial charge on any atom is -0.422 e. The summed E-state index contributed by atoms with van der Waals surface area (Å²) in [4.78, 5) is 21.6. The molecular formula is C10H5ClO3. The molecule has 0 aliphatic carbocycles. The normalized spacial score (nSPS) is 10.4. The van der Waals surface area contributed by atoms with Crippen molar-refractivity contribution >= 4 is 28.9 Å². The third-order valence-corrected chi connectivity index (χ3v) is 2.08. The van der Waals surface area contributed by atoms with Crippen molar-refractivity contribution < 1.29 is 9.21 Å². The monoisotopic (exact) mass is 208 g/mol. The summed E-state index contributed by atoms with van der Waals surface area (Å²) in [6, 6.07) is 6.30. The van der Waals surface area contributed by atoms with Crippen molar-refractivity contribution in [2.24, 2.45) is 0 Å². The van der Waals surface area contributed by atoms with Crippen molar-refractivity contribution in [2.45, 2.75) is 0 Å². The van der Waals surface area contributed by atoms with E-state index in [4.69, 9.17) is 16.0 Å². The van der Waals surface area contributed by atoms with Crippen LogP contribution in [0.2, 0.25) is 5.02 Å². The Morgan fingerprint density at radius 2 is 2.07 bits per heavy atom. The van der Waals surface area contributed by atoms with Crippen LogP contribution in [0.4, 0.5) is 0 Å². The highest BCUT2D eigenvalue weighted by Gasteiger charge is 2.03. The number of halogens is 1. The minimum atomic E-state index is -0.630. The number of carbonyl (C=O) groups is 1. The van der Waals surface area contributed by atoms with Gasteiger partial charge in [-0.05, 0) is 24.3 Å². The third-order valence-electron chi connectivity index (χ3n) is 1.85. The summed E-state index contributed by atoms with van der Waals surface area (Å²) in [6.45, 7) is 0. The van der Waals surface area contributed by atoms with E-state index in [1.807, 2.05) is 0 Å². The Morgan fingerprint density at radius 3 is 2.79 bits per heavy atom. The van der Waals surface area contributed by atoms with E-state index in [-0.39, 0.29) is 5.56 Å². The smallest absolute Gasteiger partial charge is 0.346 e. The standard InChI is InChI=1S/C10H5ClO3/c11-8-1-2-9-6(4-8)3-7(5-12)10(13)14-9/h1-5H. The van der Waals surface area contributed by atoms with Crippen molar-refractivity contribution in [2.75, 3.05) is 0 Å². The van der Waals surface area contributed by atoms with E-state index in [9.17, 15) is 9.59 Å². The number of hydrogen-bond acceptors (Lipinski definition) is 3. The van der Waals surface area contributed by atoms with Gasteiger partial charge in [-0.3, -0.25) is 4.79 Å². The number of hydrogen-bond donors (Lipinski definition) is 0. The fraction of sp³-hybridized carbons (Fsp3) is 0. The SMILES string of the molecule is O=Cc1cc2cc(Cl)ccc2oc1=O. The summed E-state index contributed by atoms with van der Waals surface area (Å²) in [6.07, 6.45) is 0.464. The zero-order valence-corrected chi connectivity index (χ0v) is 7.75. The van der Waals surface area contributed by atoms with Gasteiger partial charge >= 0.3 is 5.63 Å². The van der Waals surface area contributed by atoms with Crippen LogP contribution in [0.3, 0.4) is 0 Å². The molecule has 0 amide bonds. The average Bonchev–Trinajstić information content (AvgIpc) is 2.17. The highest BCUT2D eigenvalue weighted by molar-refractivity contribution is 6.31. The molecule has 4 heteroatoms. The van der Waals surface area contributed by atoms with Crippen molar-refractivity contribution in [3.8, 4) is 0 Å². The maximum Gasteiger partial charge on any atom is 0.346 e. The van der Waals surface area contributed by atoms with E-state index >= 15 is 0 Å². The molecule has 0 spiro atoms. The molecule has 3 nitrogen and oxygen atoms in total. The van der Waals surface area contributed by atoms with E-state index in [1.54, 1.807) is 18.2 Å². The maximum atomic E-state index is 11.1. The highest BCUT2D eigenvalue weighted by Crippen LogP contribution is 2.18. The predicted octanol–water partition coefficient (Wildman–Crippen LogP) is 2.26. The lowest BCUT2D eigenvalue weighted by atomic mass is 10.2. The lowest BCUT2D eigenvalue weighted by molar-refractivity contribution is 0.112. The van der Waals surface area contributed by atoms with Crippen LogP contribution in [0, 0.1) is 0 Å². The van der Waals surface area contributed by atoms with Crippen LogP contribution in [0.15, 0.2) is 33.5 Å². The van der Waals surface area contributed by atoms with Crippen LogP contribution in [0.25, 0.3) is 11.0 Å². The zero-order chi connectivity index (χ0) is 10.1. The van der Waals surface area contributed by atoms with Gasteiger partial charge < -0.3 is 4.42 Å². The van der Waals surface area contributed by atoms with Gasteiger partial charge in [0.1, 0.15) is 11.1 Å². The quantitative estimate of drug-likeness (QED) is 0.534. The van der Waals surface area contributed by atoms with Crippen LogP contribution < -0.4 is 5.63 Å². The van der Waals surface area contributed by atoms with Crippen LogP contribution in [-0.4, -0.2) is 6.29 Å². The van der Waals surface area contributed by atoms with E-state index in [2.05, 4.69) is 0 Å². The summed E-state index contributed by atoms with van der Waals surface area (Å²) in [5.41, 5.74) is -0.209. The second-order valence-corrected chi connectivity index (χ2v) is 3.23. The van der Waals surface area contributed by atoms with Crippen molar-refractivity contribution in [3.05, 3.63) is 45.3 Å². The van der Waals surface area contributed by atoms with E-state index in [0.717, 1.165) is 0 Å². The first-order chi connectivity index (χ1) is 6.70. The Bertz CT molecular complexity index is 557. The predicted molar refractivity (Wildman–Crippen MR) is 52.9 cm³/mol. The second-order valence-electron chi connectivity index (χ2n) is 2.79. The summed E-state index contributed by atoms with van der Waals surface area (Å²) in [5, 5.41) is 1.17. The molecule has 2 rings (SSSR count). The minimum absolute atomic E-state index is 0.000216. The Morgan fingerprint density at radius 1 is 1.29 bits per heavy atom. The number of carbonyl (C=O) groups excluding carboxylic acids is 1. The van der Waals surface area contributed by atoms with Crippen molar-refractivity contribution in [1.29, 1.82) is 0 Å². The Balaban J connectivity index is 2.86. The summed E-state index contributed by atoms with van der Waals surface area (Å²) in [5.74, 6) is 0. The fourth-order valence-corrected chi connectivity index (χ4v) is 1.37. The lowest BCUT2D eigenvalue weighted by Gasteiger charge is -1.97. The van der Waals surface area contributed by atoms with Crippen molar-refractivity contribution in [3.63, 3.8) is 0 Å². The summed E-state index contributed by atoms with van der Waals surface area (Å²) >= 11 is 5.75. The zero-order valence-electron chi connectivity index (χ0n) is 6.99. The first-order valence-corrected chi connectivity index (χ1v) is 4.27. The molecule has 1 heterocycles. The largest absolute Gasteiger partial charge is 0.422 e. The molecule has 0 bridgehead atoms. The van der Waals surface area contributed by atoms with E-state index < -0.39 is 5.63 Å². The third kappa shape index (κ3) is 1.42. The van der Waals surface area contributed by atoms with Crippen LogP contribution in [-0.2, 0) is 0 Å². The lowest BCUT2D eigenvalue weighted by Crippen LogP contribution is -2.05. The number of fused-ring (bicyclic) bond motifs is 1. The Hall–Kier alpha value is -1.61. The van der Waals surface area contributed by atoms with E-state index in [1.165, 1.54) is 6.07 Å². The topological polar surface area (TPSA) is 47.3 Å². The summed E-state index contributed by atoms with van der Waals surface area (Å²) < 4.78 is 4.89. The molecule has 0 fully saturated rings. The van der Waals surface area contributed by atoms with Gasteiger partial charge in [-0.25, -0.2) is 4.79 Å². The van der Waals surface area contributed by atoms with Crippen LogP contribution in [0.5, 0.6) is 0 Å². The molecule has 14 heavy (non-hydrogen) atoms. The van der Waals surface area contributed by atoms with Crippen LogP contribution in [0.1, 0.15) is 10.4 Å². The highest BCUT2D eigenvalue weighted by atomic mass is 35.5. The molecule has 0 N–H and O–H groups in total. The van der Waals surface area contributed by atoms with E-state index in [0.29, 0.717) is 22.3 Å².